The lowest BCUT2D eigenvalue weighted by molar-refractivity contribution is -0.123. The smallest absolute Gasteiger partial charge is 0.220 e. The van der Waals surface area contributed by atoms with E-state index in [1.165, 1.54) is 11.1 Å². The highest BCUT2D eigenvalue weighted by Crippen LogP contribution is 2.39. The minimum Gasteiger partial charge on any atom is -0.374 e. The Bertz CT molecular complexity index is 447. The fourth-order valence-electron chi connectivity index (χ4n) is 3.29. The predicted octanol–water partition coefficient (Wildman–Crippen LogP) is 2.10. The summed E-state index contributed by atoms with van der Waals surface area (Å²) in [5.74, 6) is 0.307. The number of hydrogen-bond donors (Lipinski definition) is 1. The van der Waals surface area contributed by atoms with Crippen molar-refractivity contribution in [2.45, 2.75) is 31.8 Å². The predicted molar refractivity (Wildman–Crippen MR) is 69.7 cm³/mol. The van der Waals surface area contributed by atoms with Crippen LogP contribution in [0.15, 0.2) is 35.5 Å². The van der Waals surface area contributed by atoms with Crippen molar-refractivity contribution in [2.75, 3.05) is 6.61 Å². The Morgan fingerprint density at radius 1 is 1.33 bits per heavy atom. The molecule has 3 unspecified atom stereocenters. The number of carbonyl (C=O) groups is 1. The highest BCUT2D eigenvalue weighted by atomic mass is 16.5. The molecule has 3 heteroatoms. The molecule has 96 valence electrons. The summed E-state index contributed by atoms with van der Waals surface area (Å²) in [4.78, 5) is 11.3. The molecule has 3 atom stereocenters. The molecule has 0 aromatic carbocycles. The third-order valence-electron chi connectivity index (χ3n) is 4.30. The van der Waals surface area contributed by atoms with Crippen LogP contribution >= 0.6 is 0 Å². The van der Waals surface area contributed by atoms with Crippen molar-refractivity contribution in [2.24, 2.45) is 17.6 Å². The zero-order valence-corrected chi connectivity index (χ0v) is 10.5. The van der Waals surface area contributed by atoms with Crippen molar-refractivity contribution in [3.05, 3.63) is 35.5 Å². The number of allylic oxidation sites excluding steroid dienone is 5. The molecule has 1 fully saturated rings. The first-order chi connectivity index (χ1) is 8.75. The number of hydrogen-bond acceptors (Lipinski definition) is 2. The minimum absolute atomic E-state index is 0.0148. The normalized spacial score (nSPS) is 34.8. The lowest BCUT2D eigenvalue weighted by Gasteiger charge is -2.30. The average Bonchev–Trinajstić information content (AvgIpc) is 2.57. The van der Waals surface area contributed by atoms with Crippen LogP contribution < -0.4 is 5.73 Å². The van der Waals surface area contributed by atoms with Gasteiger partial charge in [-0.2, -0.15) is 0 Å². The van der Waals surface area contributed by atoms with Gasteiger partial charge in [-0.15, -0.1) is 0 Å². The van der Waals surface area contributed by atoms with Gasteiger partial charge in [0.05, 0.1) is 6.10 Å². The van der Waals surface area contributed by atoms with Gasteiger partial charge in [0.25, 0.3) is 0 Å². The first-order valence-electron chi connectivity index (χ1n) is 6.74. The molecule has 3 rings (SSSR count). The van der Waals surface area contributed by atoms with E-state index in [2.05, 4.69) is 24.3 Å². The summed E-state index contributed by atoms with van der Waals surface area (Å²) in [5.41, 5.74) is 8.24. The maximum atomic E-state index is 11.3. The van der Waals surface area contributed by atoms with Crippen LogP contribution in [0.25, 0.3) is 0 Å². The van der Waals surface area contributed by atoms with Crippen molar-refractivity contribution < 1.29 is 9.53 Å². The molecule has 1 saturated carbocycles. The second-order valence-corrected chi connectivity index (χ2v) is 5.35. The second kappa shape index (κ2) is 4.73. The van der Waals surface area contributed by atoms with Crippen molar-refractivity contribution in [1.29, 1.82) is 0 Å². The van der Waals surface area contributed by atoms with Gasteiger partial charge in [0.2, 0.25) is 5.91 Å². The van der Waals surface area contributed by atoms with Gasteiger partial charge in [-0.1, -0.05) is 24.3 Å². The molecule has 0 bridgehead atoms. The highest BCUT2D eigenvalue weighted by molar-refractivity contribution is 5.77. The van der Waals surface area contributed by atoms with Crippen LogP contribution in [0.5, 0.6) is 0 Å². The Morgan fingerprint density at radius 2 is 2.22 bits per heavy atom. The van der Waals surface area contributed by atoms with Gasteiger partial charge < -0.3 is 10.5 Å². The zero-order chi connectivity index (χ0) is 12.5. The van der Waals surface area contributed by atoms with Crippen LogP contribution in [0.4, 0.5) is 0 Å². The Balaban J connectivity index is 1.90. The zero-order valence-electron chi connectivity index (χ0n) is 10.5. The van der Waals surface area contributed by atoms with E-state index in [9.17, 15) is 4.79 Å². The molecule has 3 nitrogen and oxygen atoms in total. The molecular weight excluding hydrogens is 226 g/mol. The summed E-state index contributed by atoms with van der Waals surface area (Å²) >= 11 is 0. The van der Waals surface area contributed by atoms with Crippen molar-refractivity contribution in [1.82, 2.24) is 0 Å². The summed E-state index contributed by atoms with van der Waals surface area (Å²) in [7, 11) is 0. The Labute approximate surface area is 107 Å². The molecule has 0 aromatic rings. The first-order valence-corrected chi connectivity index (χ1v) is 6.74. The molecule has 1 aliphatic heterocycles. The second-order valence-electron chi connectivity index (χ2n) is 5.35. The maximum Gasteiger partial charge on any atom is 0.220 e. The molecule has 0 spiro atoms. The van der Waals surface area contributed by atoms with Crippen molar-refractivity contribution in [3.63, 3.8) is 0 Å². The molecule has 2 N–H and O–H groups in total. The Kier molecular flexibility index (Phi) is 3.08. The molecule has 0 saturated heterocycles. The van der Waals surface area contributed by atoms with E-state index >= 15 is 0 Å². The van der Waals surface area contributed by atoms with E-state index in [0.717, 1.165) is 32.3 Å². The molecule has 0 radical (unpaired) electrons. The summed E-state index contributed by atoms with van der Waals surface area (Å²) in [6, 6.07) is 0. The third kappa shape index (κ3) is 2.03. The molecular formula is C15H19NO2. The van der Waals surface area contributed by atoms with Crippen molar-refractivity contribution >= 4 is 5.91 Å². The summed E-state index contributed by atoms with van der Waals surface area (Å²) in [6.45, 7) is 0.770. The quantitative estimate of drug-likeness (QED) is 0.769. The molecule has 0 aromatic heterocycles. The fourth-order valence-corrected chi connectivity index (χ4v) is 3.29. The van der Waals surface area contributed by atoms with E-state index in [1.807, 2.05) is 0 Å². The van der Waals surface area contributed by atoms with Crippen LogP contribution in [0, 0.1) is 11.8 Å². The Morgan fingerprint density at radius 3 is 3.06 bits per heavy atom. The summed E-state index contributed by atoms with van der Waals surface area (Å²) in [5, 5.41) is 0. The third-order valence-corrected chi connectivity index (χ3v) is 4.30. The number of carbonyl (C=O) groups excluding carboxylic acids is 1. The van der Waals surface area contributed by atoms with Crippen molar-refractivity contribution in [3.8, 4) is 0 Å². The molecule has 3 aliphatic rings. The van der Waals surface area contributed by atoms with Crippen LogP contribution in [0.3, 0.4) is 0 Å². The number of fused-ring (bicyclic) bond motifs is 2. The summed E-state index contributed by atoms with van der Waals surface area (Å²) < 4.78 is 5.95. The fraction of sp³-hybridized carbons (Fsp3) is 0.533. The van der Waals surface area contributed by atoms with E-state index < -0.39 is 0 Å². The SMILES string of the molecule is NC(=O)C1CCC2=C3C=CC=CC3CCOC2C1. The monoisotopic (exact) mass is 245 g/mol. The number of rotatable bonds is 1. The van der Waals surface area contributed by atoms with Crippen LogP contribution in [-0.4, -0.2) is 18.6 Å². The van der Waals surface area contributed by atoms with E-state index in [-0.39, 0.29) is 17.9 Å². The summed E-state index contributed by atoms with van der Waals surface area (Å²) in [6.07, 6.45) is 12.4. The number of ether oxygens (including phenoxy) is 1. The molecule has 18 heavy (non-hydrogen) atoms. The van der Waals surface area contributed by atoms with Gasteiger partial charge in [-0.05, 0) is 36.8 Å². The van der Waals surface area contributed by atoms with E-state index in [1.54, 1.807) is 0 Å². The number of primary amides is 1. The molecule has 1 heterocycles. The molecule has 1 amide bonds. The van der Waals surface area contributed by atoms with Crippen LogP contribution in [-0.2, 0) is 9.53 Å². The van der Waals surface area contributed by atoms with E-state index in [4.69, 9.17) is 10.5 Å². The minimum atomic E-state index is -0.178. The van der Waals surface area contributed by atoms with Gasteiger partial charge in [-0.25, -0.2) is 0 Å². The van der Waals surface area contributed by atoms with E-state index in [0.29, 0.717) is 5.92 Å². The van der Waals surface area contributed by atoms with Crippen LogP contribution in [0.1, 0.15) is 25.7 Å². The topological polar surface area (TPSA) is 52.3 Å². The lowest BCUT2D eigenvalue weighted by atomic mass is 9.78. The molecule has 2 aliphatic carbocycles. The largest absolute Gasteiger partial charge is 0.374 e. The lowest BCUT2D eigenvalue weighted by Crippen LogP contribution is -2.33. The van der Waals surface area contributed by atoms with Gasteiger partial charge in [0.1, 0.15) is 0 Å². The van der Waals surface area contributed by atoms with Crippen LogP contribution in [0.2, 0.25) is 0 Å². The van der Waals surface area contributed by atoms with Gasteiger partial charge in [-0.3, -0.25) is 4.79 Å². The van der Waals surface area contributed by atoms with Gasteiger partial charge >= 0.3 is 0 Å². The maximum absolute atomic E-state index is 11.3. The van der Waals surface area contributed by atoms with Gasteiger partial charge in [0, 0.05) is 18.4 Å². The van der Waals surface area contributed by atoms with Gasteiger partial charge in [0.15, 0.2) is 0 Å². The Hall–Kier alpha value is -1.35. The standard InChI is InChI=1S/C15H19NO2/c16-15(17)11-5-6-13-12-4-2-1-3-10(12)7-8-18-14(13)9-11/h1-4,10-11,14H,5-9H2,(H2,16,17). The first kappa shape index (κ1) is 11.7. The number of amides is 1. The number of nitrogens with two attached hydrogens (primary N) is 1. The average molecular weight is 245 g/mol. The highest BCUT2D eigenvalue weighted by Gasteiger charge is 2.34.